The minimum atomic E-state index is 0.766. The summed E-state index contributed by atoms with van der Waals surface area (Å²) in [4.78, 5) is 4.81. The number of nitrogens with zero attached hydrogens (tertiary/aromatic N) is 3. The summed E-state index contributed by atoms with van der Waals surface area (Å²) in [5.74, 6) is 0.897. The second-order valence-corrected chi connectivity index (χ2v) is 4.51. The van der Waals surface area contributed by atoms with E-state index in [1.54, 1.807) is 6.20 Å². The van der Waals surface area contributed by atoms with Gasteiger partial charge in [-0.05, 0) is 18.6 Å². The number of hydrogen-bond acceptors (Lipinski definition) is 5. The third-order valence-corrected chi connectivity index (χ3v) is 3.25. The van der Waals surface area contributed by atoms with Crippen molar-refractivity contribution in [2.75, 3.05) is 46.4 Å². The number of ether oxygens (including phenoxy) is 1. The van der Waals surface area contributed by atoms with Crippen molar-refractivity contribution >= 4 is 11.5 Å². The lowest BCUT2D eigenvalue weighted by Gasteiger charge is -2.32. The molecular weight excluding hydrogens is 210 g/mol. The highest BCUT2D eigenvalue weighted by Gasteiger charge is 2.12. The Morgan fingerprint density at radius 2 is 2.20 bits per heavy atom. The van der Waals surface area contributed by atoms with E-state index in [9.17, 15) is 0 Å². The molecule has 1 aromatic rings. The van der Waals surface area contributed by atoms with Gasteiger partial charge in [0.1, 0.15) is 12.4 Å². The average Bonchev–Trinajstić information content (AvgIpc) is 2.74. The highest BCUT2D eigenvalue weighted by atomic mass is 32.1. The minimum absolute atomic E-state index is 0.766. The third kappa shape index (κ3) is 3.44. The van der Waals surface area contributed by atoms with Gasteiger partial charge >= 0.3 is 0 Å². The van der Waals surface area contributed by atoms with Gasteiger partial charge in [0.05, 0.1) is 11.6 Å². The maximum Gasteiger partial charge on any atom is 0.150 e. The fourth-order valence-corrected chi connectivity index (χ4v) is 2.09. The number of rotatable bonds is 4. The van der Waals surface area contributed by atoms with E-state index >= 15 is 0 Å². The number of likely N-dealkylation sites (N-methyl/N-ethyl adjacent to an activating group) is 1. The summed E-state index contributed by atoms with van der Waals surface area (Å²) in [6.07, 6.45) is 1.77. The first kappa shape index (κ1) is 10.9. The minimum Gasteiger partial charge on any atom is -0.490 e. The lowest BCUT2D eigenvalue weighted by molar-refractivity contribution is 0.134. The van der Waals surface area contributed by atoms with Crippen LogP contribution in [0.15, 0.2) is 11.6 Å². The molecule has 0 atom stereocenters. The highest BCUT2D eigenvalue weighted by Crippen LogP contribution is 2.11. The molecule has 1 fully saturated rings. The molecule has 1 saturated heterocycles. The molecule has 1 aromatic heterocycles. The molecule has 0 saturated carbocycles. The highest BCUT2D eigenvalue weighted by molar-refractivity contribution is 7.03. The van der Waals surface area contributed by atoms with Gasteiger partial charge in [-0.2, -0.15) is 4.37 Å². The van der Waals surface area contributed by atoms with Crippen LogP contribution in [0, 0.1) is 0 Å². The third-order valence-electron chi connectivity index (χ3n) is 2.68. The fourth-order valence-electron chi connectivity index (χ4n) is 1.63. The lowest BCUT2D eigenvalue weighted by Crippen LogP contribution is -2.45. The Kier molecular flexibility index (Phi) is 3.94. The summed E-state index contributed by atoms with van der Waals surface area (Å²) in [6.45, 7) is 6.43. The molecule has 2 rings (SSSR count). The van der Waals surface area contributed by atoms with Gasteiger partial charge in [-0.25, -0.2) is 0 Å². The average molecular weight is 227 g/mol. The lowest BCUT2D eigenvalue weighted by atomic mass is 10.3. The van der Waals surface area contributed by atoms with Crippen LogP contribution in [0.25, 0.3) is 0 Å². The largest absolute Gasteiger partial charge is 0.490 e. The maximum absolute atomic E-state index is 5.57. The molecule has 0 unspecified atom stereocenters. The molecule has 0 bridgehead atoms. The van der Waals surface area contributed by atoms with Crippen molar-refractivity contribution in [3.8, 4) is 5.75 Å². The van der Waals surface area contributed by atoms with Gasteiger partial charge in [-0.15, -0.1) is 0 Å². The van der Waals surface area contributed by atoms with E-state index in [1.807, 2.05) is 5.38 Å². The van der Waals surface area contributed by atoms with Gasteiger partial charge in [-0.1, -0.05) is 0 Å². The van der Waals surface area contributed by atoms with Crippen LogP contribution >= 0.6 is 11.5 Å². The quantitative estimate of drug-likeness (QED) is 0.759. The van der Waals surface area contributed by atoms with E-state index in [2.05, 4.69) is 21.2 Å². The molecule has 0 N–H and O–H groups in total. The van der Waals surface area contributed by atoms with E-state index < -0.39 is 0 Å². The SMILES string of the molecule is CN1CCN(CCOc2cnsc2)CC1. The smallest absolute Gasteiger partial charge is 0.150 e. The van der Waals surface area contributed by atoms with E-state index in [-0.39, 0.29) is 0 Å². The summed E-state index contributed by atoms with van der Waals surface area (Å²) in [7, 11) is 2.17. The summed E-state index contributed by atoms with van der Waals surface area (Å²) < 4.78 is 9.56. The second kappa shape index (κ2) is 5.44. The Morgan fingerprint density at radius 3 is 2.87 bits per heavy atom. The number of aromatic nitrogens is 1. The first-order valence-electron chi connectivity index (χ1n) is 5.27. The Labute approximate surface area is 94.6 Å². The molecule has 1 aliphatic rings. The van der Waals surface area contributed by atoms with Gasteiger partial charge in [0.25, 0.3) is 0 Å². The molecule has 1 aliphatic heterocycles. The zero-order valence-electron chi connectivity index (χ0n) is 9.06. The van der Waals surface area contributed by atoms with Crippen LogP contribution < -0.4 is 4.74 Å². The van der Waals surface area contributed by atoms with Crippen LogP contribution in [-0.4, -0.2) is 60.6 Å². The second-order valence-electron chi connectivity index (χ2n) is 3.85. The van der Waals surface area contributed by atoms with Gasteiger partial charge in [0.2, 0.25) is 0 Å². The molecular formula is C10H17N3OS. The number of piperazine rings is 1. The van der Waals surface area contributed by atoms with Crippen LogP contribution in [0.1, 0.15) is 0 Å². The summed E-state index contributed by atoms with van der Waals surface area (Å²) >= 11 is 1.43. The normalized spacial score (nSPS) is 19.3. The molecule has 0 spiro atoms. The summed E-state index contributed by atoms with van der Waals surface area (Å²) in [5, 5.41) is 1.93. The van der Waals surface area contributed by atoms with E-state index in [4.69, 9.17) is 4.74 Å². The standard InChI is InChI=1S/C10H17N3OS/c1-12-2-4-13(5-3-12)6-7-14-10-8-11-15-9-10/h8-9H,2-7H2,1H3. The first-order chi connectivity index (χ1) is 7.34. The Morgan fingerprint density at radius 1 is 1.40 bits per heavy atom. The van der Waals surface area contributed by atoms with Crippen LogP contribution in [-0.2, 0) is 0 Å². The molecule has 0 aromatic carbocycles. The Balaban J connectivity index is 1.62. The molecule has 4 nitrogen and oxygen atoms in total. The van der Waals surface area contributed by atoms with Crippen molar-refractivity contribution in [3.63, 3.8) is 0 Å². The van der Waals surface area contributed by atoms with Gasteiger partial charge in [-0.3, -0.25) is 4.90 Å². The van der Waals surface area contributed by atoms with Crippen molar-refractivity contribution < 1.29 is 4.74 Å². The summed E-state index contributed by atoms with van der Waals surface area (Å²) in [6, 6.07) is 0. The molecule has 2 heterocycles. The molecule has 84 valence electrons. The predicted molar refractivity (Wildman–Crippen MR) is 61.5 cm³/mol. The molecule has 15 heavy (non-hydrogen) atoms. The van der Waals surface area contributed by atoms with Gasteiger partial charge in [0.15, 0.2) is 0 Å². The van der Waals surface area contributed by atoms with Crippen molar-refractivity contribution in [2.45, 2.75) is 0 Å². The van der Waals surface area contributed by atoms with Crippen LogP contribution in [0.3, 0.4) is 0 Å². The molecule has 0 amide bonds. The Hall–Kier alpha value is -0.650. The zero-order chi connectivity index (χ0) is 10.5. The molecule has 0 aliphatic carbocycles. The number of hydrogen-bond donors (Lipinski definition) is 0. The summed E-state index contributed by atoms with van der Waals surface area (Å²) in [5.41, 5.74) is 0. The molecule has 5 heteroatoms. The van der Waals surface area contributed by atoms with Gasteiger partial charge in [0, 0.05) is 32.7 Å². The van der Waals surface area contributed by atoms with Crippen molar-refractivity contribution in [2.24, 2.45) is 0 Å². The van der Waals surface area contributed by atoms with Crippen LogP contribution in [0.4, 0.5) is 0 Å². The topological polar surface area (TPSA) is 28.6 Å². The monoisotopic (exact) mass is 227 g/mol. The van der Waals surface area contributed by atoms with Crippen molar-refractivity contribution in [1.82, 2.24) is 14.2 Å². The van der Waals surface area contributed by atoms with Crippen LogP contribution in [0.5, 0.6) is 5.75 Å². The fraction of sp³-hybridized carbons (Fsp3) is 0.700. The predicted octanol–water partition coefficient (Wildman–Crippen LogP) is 0.769. The first-order valence-corrected chi connectivity index (χ1v) is 6.11. The van der Waals surface area contributed by atoms with E-state index in [0.717, 1.165) is 32.0 Å². The van der Waals surface area contributed by atoms with Crippen molar-refractivity contribution in [3.05, 3.63) is 11.6 Å². The van der Waals surface area contributed by atoms with Gasteiger partial charge < -0.3 is 9.64 Å². The van der Waals surface area contributed by atoms with E-state index in [1.165, 1.54) is 24.6 Å². The van der Waals surface area contributed by atoms with E-state index in [0.29, 0.717) is 0 Å². The molecule has 0 radical (unpaired) electrons. The van der Waals surface area contributed by atoms with Crippen LogP contribution in [0.2, 0.25) is 0 Å². The maximum atomic E-state index is 5.57. The Bertz CT molecular complexity index is 270. The zero-order valence-corrected chi connectivity index (χ0v) is 9.87. The van der Waals surface area contributed by atoms with Crippen molar-refractivity contribution in [1.29, 1.82) is 0 Å².